The summed E-state index contributed by atoms with van der Waals surface area (Å²) in [5.41, 5.74) is 1.68. The summed E-state index contributed by atoms with van der Waals surface area (Å²) in [5.74, 6) is -0.925. The van der Waals surface area contributed by atoms with Crippen molar-refractivity contribution in [3.8, 4) is 0 Å². The van der Waals surface area contributed by atoms with E-state index < -0.39 is 28.5 Å². The zero-order valence-corrected chi connectivity index (χ0v) is 24.7. The third-order valence-corrected chi connectivity index (χ3v) is 7.95. The predicted octanol–water partition coefficient (Wildman–Crippen LogP) is 5.58. The molecule has 0 fully saturated rings. The van der Waals surface area contributed by atoms with Crippen molar-refractivity contribution in [3.63, 3.8) is 0 Å². The van der Waals surface area contributed by atoms with Crippen LogP contribution >= 0.6 is 34.8 Å². The molecule has 0 aliphatic rings. The Balaban J connectivity index is 2.06. The molecule has 0 aliphatic carbocycles. The fourth-order valence-corrected chi connectivity index (χ4v) is 5.42. The van der Waals surface area contributed by atoms with E-state index in [9.17, 15) is 18.0 Å². The number of carbonyl (C=O) groups excluding carboxylic acids is 2. The highest BCUT2D eigenvalue weighted by Crippen LogP contribution is 2.25. The van der Waals surface area contributed by atoms with E-state index in [1.54, 1.807) is 30.3 Å². The third kappa shape index (κ3) is 8.86. The van der Waals surface area contributed by atoms with Crippen molar-refractivity contribution in [1.82, 2.24) is 10.2 Å². The number of amides is 2. The van der Waals surface area contributed by atoms with E-state index in [1.807, 2.05) is 37.3 Å². The number of benzene rings is 3. The van der Waals surface area contributed by atoms with Crippen LogP contribution in [0.2, 0.25) is 15.1 Å². The van der Waals surface area contributed by atoms with Crippen LogP contribution in [0.4, 0.5) is 5.69 Å². The Morgan fingerprint density at radius 1 is 0.923 bits per heavy atom. The van der Waals surface area contributed by atoms with Crippen LogP contribution in [0.3, 0.4) is 0 Å². The number of carbonyl (C=O) groups is 2. The Hall–Kier alpha value is -2.78. The van der Waals surface area contributed by atoms with Crippen LogP contribution in [0.1, 0.15) is 24.5 Å². The van der Waals surface area contributed by atoms with E-state index in [-0.39, 0.29) is 24.6 Å². The number of nitrogens with one attached hydrogen (secondary N) is 1. The van der Waals surface area contributed by atoms with Crippen LogP contribution in [0.25, 0.3) is 0 Å². The van der Waals surface area contributed by atoms with Gasteiger partial charge in [-0.2, -0.15) is 0 Å². The van der Waals surface area contributed by atoms with Crippen LogP contribution in [0, 0.1) is 0 Å². The minimum atomic E-state index is -3.87. The van der Waals surface area contributed by atoms with Crippen LogP contribution in [0.15, 0.2) is 72.8 Å². The van der Waals surface area contributed by atoms with E-state index in [1.165, 1.54) is 17.0 Å². The van der Waals surface area contributed by atoms with Crippen molar-refractivity contribution in [2.75, 3.05) is 23.7 Å². The zero-order chi connectivity index (χ0) is 28.6. The molecular formula is C28H30Cl3N3O4S. The molecule has 0 spiro atoms. The lowest BCUT2D eigenvalue weighted by Gasteiger charge is -2.33. The molecule has 11 heteroatoms. The highest BCUT2D eigenvalue weighted by Gasteiger charge is 2.33. The van der Waals surface area contributed by atoms with Gasteiger partial charge >= 0.3 is 0 Å². The second-order valence-corrected chi connectivity index (χ2v) is 12.2. The van der Waals surface area contributed by atoms with Crippen LogP contribution < -0.4 is 9.62 Å². The van der Waals surface area contributed by atoms with Crippen molar-refractivity contribution in [2.45, 2.75) is 32.4 Å². The maximum Gasteiger partial charge on any atom is 0.244 e. The molecule has 3 aromatic carbocycles. The maximum atomic E-state index is 14.0. The van der Waals surface area contributed by atoms with Gasteiger partial charge in [-0.15, -0.1) is 0 Å². The molecule has 0 saturated carbocycles. The average Bonchev–Trinajstić information content (AvgIpc) is 2.89. The quantitative estimate of drug-likeness (QED) is 0.290. The van der Waals surface area contributed by atoms with Gasteiger partial charge in [-0.05, 0) is 53.9 Å². The summed E-state index contributed by atoms with van der Waals surface area (Å²) in [6.45, 7) is 1.79. The maximum absolute atomic E-state index is 14.0. The zero-order valence-electron chi connectivity index (χ0n) is 21.6. The lowest BCUT2D eigenvalue weighted by Crippen LogP contribution is -2.53. The highest BCUT2D eigenvalue weighted by atomic mass is 35.5. The van der Waals surface area contributed by atoms with Crippen molar-refractivity contribution in [3.05, 3.63) is 99.0 Å². The number of sulfonamides is 1. The number of rotatable bonds is 12. The average molecular weight is 611 g/mol. The summed E-state index contributed by atoms with van der Waals surface area (Å²) in [5, 5.41) is 4.06. The second-order valence-electron chi connectivity index (χ2n) is 9.00. The topological polar surface area (TPSA) is 86.8 Å². The highest BCUT2D eigenvalue weighted by molar-refractivity contribution is 7.92. The van der Waals surface area contributed by atoms with Gasteiger partial charge < -0.3 is 10.2 Å². The Labute approximate surface area is 244 Å². The van der Waals surface area contributed by atoms with Crippen molar-refractivity contribution in [2.24, 2.45) is 0 Å². The lowest BCUT2D eigenvalue weighted by atomic mass is 10.0. The van der Waals surface area contributed by atoms with Gasteiger partial charge in [-0.25, -0.2) is 8.42 Å². The molecule has 0 unspecified atom stereocenters. The van der Waals surface area contributed by atoms with Gasteiger partial charge in [-0.3, -0.25) is 13.9 Å². The smallest absolute Gasteiger partial charge is 0.244 e. The van der Waals surface area contributed by atoms with Gasteiger partial charge in [-0.1, -0.05) is 78.1 Å². The fraction of sp³-hybridized carbons (Fsp3) is 0.286. The number of hydrogen-bond acceptors (Lipinski definition) is 4. The second kappa shape index (κ2) is 14.0. The van der Waals surface area contributed by atoms with E-state index >= 15 is 0 Å². The largest absolute Gasteiger partial charge is 0.354 e. The lowest BCUT2D eigenvalue weighted by molar-refractivity contribution is -0.140. The molecule has 3 rings (SSSR count). The van der Waals surface area contributed by atoms with Crippen LogP contribution in [0.5, 0.6) is 0 Å². The van der Waals surface area contributed by atoms with Crippen LogP contribution in [-0.2, 0) is 32.6 Å². The predicted molar refractivity (Wildman–Crippen MR) is 158 cm³/mol. The molecule has 208 valence electrons. The summed E-state index contributed by atoms with van der Waals surface area (Å²) < 4.78 is 26.5. The SMILES string of the molecule is CCCNC(=O)[C@@H](Cc1ccccc1)N(Cc1ccc(Cl)cc1Cl)C(=O)CN(c1ccc(Cl)cc1)S(C)(=O)=O. The number of anilines is 1. The molecule has 0 aromatic heterocycles. The Bertz CT molecular complexity index is 1390. The number of nitrogens with zero attached hydrogens (tertiary/aromatic N) is 2. The Morgan fingerprint density at radius 2 is 1.56 bits per heavy atom. The molecule has 0 heterocycles. The van der Waals surface area contributed by atoms with E-state index in [0.717, 1.165) is 16.1 Å². The molecular weight excluding hydrogens is 581 g/mol. The van der Waals surface area contributed by atoms with E-state index in [4.69, 9.17) is 34.8 Å². The summed E-state index contributed by atoms with van der Waals surface area (Å²) >= 11 is 18.5. The Kier molecular flexibility index (Phi) is 11.1. The first-order valence-electron chi connectivity index (χ1n) is 12.3. The first kappa shape index (κ1) is 30.8. The monoisotopic (exact) mass is 609 g/mol. The van der Waals surface area contributed by atoms with Gasteiger partial charge in [0.25, 0.3) is 0 Å². The summed E-state index contributed by atoms with van der Waals surface area (Å²) in [4.78, 5) is 28.8. The summed E-state index contributed by atoms with van der Waals surface area (Å²) in [7, 11) is -3.87. The fourth-order valence-electron chi connectivity index (χ4n) is 3.97. The molecule has 3 aromatic rings. The molecule has 0 aliphatic heterocycles. The minimum Gasteiger partial charge on any atom is -0.354 e. The van der Waals surface area contributed by atoms with Gasteiger partial charge in [0.15, 0.2) is 0 Å². The van der Waals surface area contributed by atoms with Gasteiger partial charge in [0.05, 0.1) is 11.9 Å². The minimum absolute atomic E-state index is 0.0376. The molecule has 2 amide bonds. The molecule has 1 atom stereocenters. The van der Waals surface area contributed by atoms with Crippen molar-refractivity contribution < 1.29 is 18.0 Å². The van der Waals surface area contributed by atoms with E-state index in [0.29, 0.717) is 33.6 Å². The number of hydrogen-bond donors (Lipinski definition) is 1. The first-order chi connectivity index (χ1) is 18.5. The standard InChI is InChI=1S/C28H30Cl3N3O4S/c1-3-15-32-28(36)26(16-20-7-5-4-6-8-20)33(18-21-9-10-23(30)17-25(21)31)27(35)19-34(39(2,37)38)24-13-11-22(29)12-14-24/h4-14,17,26H,3,15-16,18-19H2,1-2H3,(H,32,36)/t26-/m1/s1. The normalized spacial score (nSPS) is 12.0. The van der Waals surface area contributed by atoms with Crippen molar-refractivity contribution >= 4 is 62.3 Å². The third-order valence-electron chi connectivity index (χ3n) is 5.97. The molecule has 7 nitrogen and oxygen atoms in total. The van der Waals surface area contributed by atoms with E-state index in [2.05, 4.69) is 5.32 Å². The van der Waals surface area contributed by atoms with Gasteiger partial charge in [0.2, 0.25) is 21.8 Å². The van der Waals surface area contributed by atoms with Gasteiger partial charge in [0, 0.05) is 34.6 Å². The first-order valence-corrected chi connectivity index (χ1v) is 15.3. The van der Waals surface area contributed by atoms with Crippen LogP contribution in [-0.4, -0.2) is 50.5 Å². The summed E-state index contributed by atoms with van der Waals surface area (Å²) in [6, 6.07) is 19.4. The molecule has 0 bridgehead atoms. The molecule has 0 radical (unpaired) electrons. The van der Waals surface area contributed by atoms with Crippen molar-refractivity contribution in [1.29, 1.82) is 0 Å². The molecule has 1 N–H and O–H groups in total. The molecule has 0 saturated heterocycles. The number of halogens is 3. The molecule has 39 heavy (non-hydrogen) atoms. The van der Waals surface area contributed by atoms with Gasteiger partial charge in [0.1, 0.15) is 12.6 Å². The summed E-state index contributed by atoms with van der Waals surface area (Å²) in [6.07, 6.45) is 1.94. The Morgan fingerprint density at radius 3 is 2.15 bits per heavy atom.